The fourth-order valence-corrected chi connectivity index (χ4v) is 2.12. The lowest BCUT2D eigenvalue weighted by molar-refractivity contribution is -0.117. The molecular weight excluding hydrogens is 254 g/mol. The molecule has 0 bridgehead atoms. The van der Waals surface area contributed by atoms with Crippen molar-refractivity contribution in [1.29, 1.82) is 0 Å². The van der Waals surface area contributed by atoms with Gasteiger partial charge in [0.25, 0.3) is 0 Å². The Morgan fingerprint density at radius 1 is 1.35 bits per heavy atom. The Hall–Kier alpha value is -1.84. The molecule has 0 saturated carbocycles. The second kappa shape index (κ2) is 7.68. The molecule has 0 aliphatic heterocycles. The topological polar surface area (TPSA) is 66.4 Å². The highest BCUT2D eigenvalue weighted by molar-refractivity contribution is 6.00. The van der Waals surface area contributed by atoms with Crippen molar-refractivity contribution in [3.63, 3.8) is 0 Å². The van der Waals surface area contributed by atoms with Crippen molar-refractivity contribution >= 4 is 17.6 Å². The Kier molecular flexibility index (Phi) is 6.22. The lowest BCUT2D eigenvalue weighted by Gasteiger charge is -2.12. The van der Waals surface area contributed by atoms with Gasteiger partial charge in [0, 0.05) is 6.42 Å². The monoisotopic (exact) mass is 277 g/mol. The summed E-state index contributed by atoms with van der Waals surface area (Å²) >= 11 is 0. The van der Waals surface area contributed by atoms with Crippen molar-refractivity contribution in [3.05, 3.63) is 29.3 Å². The van der Waals surface area contributed by atoms with Crippen LogP contribution in [0.25, 0.3) is 0 Å². The van der Waals surface area contributed by atoms with E-state index in [1.165, 1.54) is 0 Å². The smallest absolute Gasteiger partial charge is 0.337 e. The van der Waals surface area contributed by atoms with E-state index in [1.54, 1.807) is 18.2 Å². The van der Waals surface area contributed by atoms with E-state index in [0.29, 0.717) is 18.0 Å². The van der Waals surface area contributed by atoms with Crippen molar-refractivity contribution in [2.75, 3.05) is 5.32 Å². The van der Waals surface area contributed by atoms with Crippen molar-refractivity contribution in [1.82, 2.24) is 0 Å². The van der Waals surface area contributed by atoms with E-state index < -0.39 is 5.97 Å². The fourth-order valence-electron chi connectivity index (χ4n) is 2.12. The molecule has 1 rings (SSSR count). The number of anilines is 1. The van der Waals surface area contributed by atoms with Gasteiger partial charge in [-0.15, -0.1) is 0 Å². The summed E-state index contributed by atoms with van der Waals surface area (Å²) in [5, 5.41) is 11.9. The number of nitrogens with one attached hydrogen (secondary N) is 1. The molecule has 0 aliphatic carbocycles. The molecule has 4 nitrogen and oxygen atoms in total. The molecule has 1 unspecified atom stereocenters. The van der Waals surface area contributed by atoms with E-state index in [0.717, 1.165) is 24.8 Å². The average molecular weight is 277 g/mol. The first-order valence-electron chi connectivity index (χ1n) is 7.07. The number of carbonyl (C=O) groups is 2. The highest BCUT2D eigenvalue weighted by Gasteiger charge is 2.14. The van der Waals surface area contributed by atoms with Gasteiger partial charge in [0.1, 0.15) is 0 Å². The molecule has 2 N–H and O–H groups in total. The summed E-state index contributed by atoms with van der Waals surface area (Å²) in [4.78, 5) is 23.1. The third-order valence-electron chi connectivity index (χ3n) is 3.26. The van der Waals surface area contributed by atoms with Crippen LogP contribution in [0.4, 0.5) is 5.69 Å². The molecule has 0 radical (unpaired) electrons. The minimum atomic E-state index is -1.02. The molecule has 0 aromatic heterocycles. The van der Waals surface area contributed by atoms with Crippen LogP contribution in [0.2, 0.25) is 0 Å². The van der Waals surface area contributed by atoms with Gasteiger partial charge >= 0.3 is 5.97 Å². The quantitative estimate of drug-likeness (QED) is 0.795. The molecule has 1 aromatic rings. The number of aryl methyl sites for hydroxylation is 1. The van der Waals surface area contributed by atoms with Gasteiger partial charge < -0.3 is 10.4 Å². The number of rotatable bonds is 7. The highest BCUT2D eigenvalue weighted by Crippen LogP contribution is 2.19. The Balaban J connectivity index is 2.68. The van der Waals surface area contributed by atoms with Gasteiger partial charge in [-0.25, -0.2) is 4.79 Å². The summed E-state index contributed by atoms with van der Waals surface area (Å²) in [7, 11) is 0. The van der Waals surface area contributed by atoms with Crippen LogP contribution < -0.4 is 5.32 Å². The highest BCUT2D eigenvalue weighted by atomic mass is 16.4. The molecule has 0 saturated heterocycles. The lowest BCUT2D eigenvalue weighted by atomic mass is 10.0. The second-order valence-electron chi connectivity index (χ2n) is 5.35. The van der Waals surface area contributed by atoms with Crippen molar-refractivity contribution in [2.45, 2.75) is 46.5 Å². The van der Waals surface area contributed by atoms with E-state index >= 15 is 0 Å². The summed E-state index contributed by atoms with van der Waals surface area (Å²) < 4.78 is 0. The van der Waals surface area contributed by atoms with Crippen LogP contribution in [0.15, 0.2) is 18.2 Å². The van der Waals surface area contributed by atoms with Gasteiger partial charge in [-0.1, -0.05) is 44.7 Å². The molecular formula is C16H23NO3. The zero-order chi connectivity index (χ0) is 15.1. The number of carbonyl (C=O) groups excluding carboxylic acids is 1. The first kappa shape index (κ1) is 16.2. The molecule has 0 fully saturated rings. The number of benzene rings is 1. The number of carboxylic acid groups (broad SMARTS) is 1. The van der Waals surface area contributed by atoms with E-state index in [9.17, 15) is 9.59 Å². The predicted molar refractivity (Wildman–Crippen MR) is 80.1 cm³/mol. The summed E-state index contributed by atoms with van der Waals surface area (Å²) in [5.74, 6) is -0.836. The number of hydrogen-bond acceptors (Lipinski definition) is 2. The summed E-state index contributed by atoms with van der Waals surface area (Å²) in [5.41, 5.74) is 1.37. The average Bonchev–Trinajstić information content (AvgIpc) is 2.38. The number of carboxylic acids is 1. The molecule has 110 valence electrons. The predicted octanol–water partition coefficient (Wildman–Crippen LogP) is 3.85. The van der Waals surface area contributed by atoms with Crippen LogP contribution >= 0.6 is 0 Å². The van der Waals surface area contributed by atoms with Crippen LogP contribution in [-0.2, 0) is 4.79 Å². The van der Waals surface area contributed by atoms with E-state index in [4.69, 9.17) is 5.11 Å². The Morgan fingerprint density at radius 3 is 2.65 bits per heavy atom. The molecule has 0 aliphatic rings. The first-order valence-corrected chi connectivity index (χ1v) is 7.07. The summed E-state index contributed by atoms with van der Waals surface area (Å²) in [6, 6.07) is 5.01. The standard InChI is InChI=1S/C16H23NO3/c1-4-5-6-11(2)10-15(18)17-14-8-7-12(3)9-13(14)16(19)20/h7-9,11H,4-6,10H2,1-3H3,(H,17,18)(H,19,20). The SMILES string of the molecule is CCCCC(C)CC(=O)Nc1ccc(C)cc1C(=O)O. The van der Waals surface area contributed by atoms with Gasteiger partial charge in [-0.3, -0.25) is 4.79 Å². The van der Waals surface area contributed by atoms with Crippen LogP contribution in [0.3, 0.4) is 0 Å². The molecule has 1 atom stereocenters. The maximum Gasteiger partial charge on any atom is 0.337 e. The second-order valence-corrected chi connectivity index (χ2v) is 5.35. The molecule has 0 heterocycles. The van der Waals surface area contributed by atoms with Gasteiger partial charge in [-0.05, 0) is 25.0 Å². The van der Waals surface area contributed by atoms with E-state index in [2.05, 4.69) is 12.2 Å². The van der Waals surface area contributed by atoms with E-state index in [-0.39, 0.29) is 11.5 Å². The Bertz CT molecular complexity index is 483. The lowest BCUT2D eigenvalue weighted by Crippen LogP contribution is -2.17. The molecule has 1 amide bonds. The summed E-state index contributed by atoms with van der Waals surface area (Å²) in [6.07, 6.45) is 3.67. The third kappa shape index (κ3) is 5.03. The number of aromatic carboxylic acids is 1. The van der Waals surface area contributed by atoms with Crippen molar-refractivity contribution in [3.8, 4) is 0 Å². The Labute approximate surface area is 120 Å². The largest absolute Gasteiger partial charge is 0.478 e. The zero-order valence-corrected chi connectivity index (χ0v) is 12.4. The minimum Gasteiger partial charge on any atom is -0.478 e. The number of hydrogen-bond donors (Lipinski definition) is 2. The number of unbranched alkanes of at least 4 members (excludes halogenated alkanes) is 1. The van der Waals surface area contributed by atoms with Gasteiger partial charge in [0.2, 0.25) is 5.91 Å². The van der Waals surface area contributed by atoms with Crippen LogP contribution in [-0.4, -0.2) is 17.0 Å². The van der Waals surface area contributed by atoms with E-state index in [1.807, 2.05) is 13.8 Å². The number of amides is 1. The molecule has 4 heteroatoms. The van der Waals surface area contributed by atoms with Gasteiger partial charge in [-0.2, -0.15) is 0 Å². The zero-order valence-electron chi connectivity index (χ0n) is 12.4. The Morgan fingerprint density at radius 2 is 2.05 bits per heavy atom. The molecule has 20 heavy (non-hydrogen) atoms. The summed E-state index contributed by atoms with van der Waals surface area (Å²) in [6.45, 7) is 5.99. The van der Waals surface area contributed by atoms with Gasteiger partial charge in [0.15, 0.2) is 0 Å². The normalized spacial score (nSPS) is 11.9. The first-order chi connectivity index (χ1) is 9.43. The fraction of sp³-hybridized carbons (Fsp3) is 0.500. The molecule has 0 spiro atoms. The third-order valence-corrected chi connectivity index (χ3v) is 3.26. The van der Waals surface area contributed by atoms with Crippen LogP contribution in [0.1, 0.15) is 55.5 Å². The van der Waals surface area contributed by atoms with Gasteiger partial charge in [0.05, 0.1) is 11.3 Å². The van der Waals surface area contributed by atoms with Crippen LogP contribution in [0, 0.1) is 12.8 Å². The minimum absolute atomic E-state index is 0.125. The maximum atomic E-state index is 11.9. The van der Waals surface area contributed by atoms with Crippen molar-refractivity contribution in [2.24, 2.45) is 5.92 Å². The van der Waals surface area contributed by atoms with Crippen molar-refractivity contribution < 1.29 is 14.7 Å². The maximum absolute atomic E-state index is 11.9. The van der Waals surface area contributed by atoms with Crippen LogP contribution in [0.5, 0.6) is 0 Å². The molecule has 1 aromatic carbocycles.